The van der Waals surface area contributed by atoms with Crippen molar-refractivity contribution >= 4 is 38.5 Å². The molecule has 19 heavy (non-hydrogen) atoms. The number of carbonyl (C=O) groups excluding carboxylic acids is 1. The van der Waals surface area contributed by atoms with E-state index in [1.165, 1.54) is 0 Å². The molecule has 1 aliphatic carbocycles. The van der Waals surface area contributed by atoms with Gasteiger partial charge in [0, 0.05) is 6.42 Å². The van der Waals surface area contributed by atoms with Crippen molar-refractivity contribution in [3.8, 4) is 0 Å². The van der Waals surface area contributed by atoms with Crippen LogP contribution in [0.2, 0.25) is 0 Å². The molecule has 0 spiro atoms. The van der Waals surface area contributed by atoms with Gasteiger partial charge in [0.25, 0.3) is 10.1 Å². The first kappa shape index (κ1) is 17.1. The maximum absolute atomic E-state index is 12.4. The highest BCUT2D eigenvalue weighted by molar-refractivity contribution is 14.1. The van der Waals surface area contributed by atoms with E-state index in [0.717, 1.165) is 9.84 Å². The van der Waals surface area contributed by atoms with Gasteiger partial charge in [-0.1, -0.05) is 20.4 Å². The maximum atomic E-state index is 12.4. The number of rotatable bonds is 4. The van der Waals surface area contributed by atoms with Crippen LogP contribution in [-0.4, -0.2) is 26.6 Å². The molecule has 0 heterocycles. The number of hydrogen-bond donors (Lipinski definition) is 0. The number of allylic oxidation sites excluding steroid dienone is 1. The highest BCUT2D eigenvalue weighted by atomic mass is 127. The lowest BCUT2D eigenvalue weighted by Gasteiger charge is -2.45. The second-order valence-electron chi connectivity index (χ2n) is 6.37. The van der Waals surface area contributed by atoms with Crippen LogP contribution in [-0.2, 0) is 19.1 Å². The summed E-state index contributed by atoms with van der Waals surface area (Å²) in [5.74, 6) is 0.0511. The Kier molecular flexibility index (Phi) is 4.90. The van der Waals surface area contributed by atoms with Gasteiger partial charge in [-0.2, -0.15) is 8.42 Å². The molecule has 0 radical (unpaired) electrons. The monoisotopic (exact) mass is 400 g/mol. The van der Waals surface area contributed by atoms with Crippen LogP contribution in [0.15, 0.2) is 10.2 Å². The third kappa shape index (κ3) is 4.53. The Labute approximate surface area is 129 Å². The number of Topliss-reactive ketones (excluding diaryl/α,β-unsaturated/α-hetero) is 1. The largest absolute Gasteiger partial charge is 0.299 e. The first-order chi connectivity index (χ1) is 8.36. The summed E-state index contributed by atoms with van der Waals surface area (Å²) in [5.41, 5.74) is -1.05. The van der Waals surface area contributed by atoms with Crippen LogP contribution in [0, 0.1) is 10.8 Å². The summed E-state index contributed by atoms with van der Waals surface area (Å²) < 4.78 is 28.9. The molecule has 0 unspecified atom stereocenters. The summed E-state index contributed by atoms with van der Waals surface area (Å²) in [7, 11) is -3.59. The molecule has 6 heteroatoms. The molecule has 0 bridgehead atoms. The fraction of sp³-hybridized carbons (Fsp3) is 0.769. The second kappa shape index (κ2) is 5.44. The molecule has 1 aliphatic rings. The molecule has 1 fully saturated rings. The molecule has 0 aromatic carbocycles. The van der Waals surface area contributed by atoms with E-state index in [2.05, 4.69) is 29.2 Å². The molecule has 2 atom stereocenters. The summed E-state index contributed by atoms with van der Waals surface area (Å²) >= 11 is 2.07. The van der Waals surface area contributed by atoms with Gasteiger partial charge in [0.2, 0.25) is 0 Å². The molecule has 110 valence electrons. The van der Waals surface area contributed by atoms with E-state index in [9.17, 15) is 13.2 Å². The Bertz CT molecular complexity index is 495. The smallest absolute Gasteiger partial charge is 0.264 e. The zero-order valence-electron chi connectivity index (χ0n) is 11.8. The zero-order valence-corrected chi connectivity index (χ0v) is 14.8. The maximum Gasteiger partial charge on any atom is 0.264 e. The molecule has 0 N–H and O–H groups in total. The number of ketones is 1. The average Bonchev–Trinajstić information content (AvgIpc) is 2.09. The molecule has 0 aromatic heterocycles. The Hall–Kier alpha value is 0.0500. The van der Waals surface area contributed by atoms with Crippen molar-refractivity contribution in [2.45, 2.75) is 46.1 Å². The quantitative estimate of drug-likeness (QED) is 0.538. The van der Waals surface area contributed by atoms with Crippen LogP contribution in [0.25, 0.3) is 0 Å². The predicted octanol–water partition coefficient (Wildman–Crippen LogP) is 3.07. The first-order valence-corrected chi connectivity index (χ1v) is 9.00. The van der Waals surface area contributed by atoms with Gasteiger partial charge in [0.05, 0.1) is 17.8 Å². The van der Waals surface area contributed by atoms with Gasteiger partial charge >= 0.3 is 0 Å². The molecular weight excluding hydrogens is 379 g/mol. The van der Waals surface area contributed by atoms with Crippen LogP contribution >= 0.6 is 22.6 Å². The molecule has 0 amide bonds. The minimum atomic E-state index is -3.59. The number of hydrogen-bond acceptors (Lipinski definition) is 4. The highest BCUT2D eigenvalue weighted by Crippen LogP contribution is 2.48. The fourth-order valence-corrected chi connectivity index (χ4v) is 4.07. The summed E-state index contributed by atoms with van der Waals surface area (Å²) in [5, 5.41) is 0. The highest BCUT2D eigenvalue weighted by Gasteiger charge is 2.50. The van der Waals surface area contributed by atoms with Crippen LogP contribution in [0.4, 0.5) is 0 Å². The third-order valence-electron chi connectivity index (χ3n) is 3.57. The van der Waals surface area contributed by atoms with E-state index in [-0.39, 0.29) is 11.2 Å². The first-order valence-electron chi connectivity index (χ1n) is 6.11. The molecule has 0 aliphatic heterocycles. The molecule has 0 aromatic rings. The van der Waals surface area contributed by atoms with E-state index in [4.69, 9.17) is 4.18 Å². The minimum Gasteiger partial charge on any atom is -0.299 e. The van der Waals surface area contributed by atoms with Crippen molar-refractivity contribution in [2.24, 2.45) is 10.8 Å². The van der Waals surface area contributed by atoms with Crippen LogP contribution in [0.5, 0.6) is 0 Å². The normalized spacial score (nSPS) is 31.2. The van der Waals surface area contributed by atoms with E-state index in [0.29, 0.717) is 19.3 Å². The summed E-state index contributed by atoms with van der Waals surface area (Å²) in [6.07, 6.45) is 1.84. The van der Waals surface area contributed by atoms with Gasteiger partial charge in [-0.05, 0) is 51.4 Å². The zero-order chi connectivity index (χ0) is 15.1. The number of halogens is 1. The van der Waals surface area contributed by atoms with Crippen LogP contribution < -0.4 is 0 Å². The Morgan fingerprint density at radius 2 is 2.00 bits per heavy atom. The van der Waals surface area contributed by atoms with Crippen molar-refractivity contribution in [1.82, 2.24) is 0 Å². The van der Waals surface area contributed by atoms with Gasteiger partial charge in [-0.15, -0.1) is 0 Å². The lowest BCUT2D eigenvalue weighted by molar-refractivity contribution is -0.142. The molecule has 0 saturated heterocycles. The lowest BCUT2D eigenvalue weighted by atomic mass is 9.62. The lowest BCUT2D eigenvalue weighted by Crippen LogP contribution is -2.50. The molecule has 1 rings (SSSR count). The van der Waals surface area contributed by atoms with Crippen molar-refractivity contribution in [3.05, 3.63) is 10.2 Å². The van der Waals surface area contributed by atoms with Gasteiger partial charge in [0.1, 0.15) is 5.78 Å². The van der Waals surface area contributed by atoms with Crippen molar-refractivity contribution in [3.63, 3.8) is 0 Å². The second-order valence-corrected chi connectivity index (χ2v) is 9.50. The average molecular weight is 400 g/mol. The third-order valence-corrected chi connectivity index (χ3v) is 4.54. The van der Waals surface area contributed by atoms with Crippen molar-refractivity contribution in [2.75, 3.05) is 6.26 Å². The molecule has 4 nitrogen and oxygen atoms in total. The Balaban J connectivity index is 3.15. The Morgan fingerprint density at radius 1 is 1.47 bits per heavy atom. The van der Waals surface area contributed by atoms with E-state index in [1.807, 2.05) is 13.8 Å². The fourth-order valence-electron chi connectivity index (χ4n) is 2.58. The summed E-state index contributed by atoms with van der Waals surface area (Å²) in [6.45, 7) is 9.53. The van der Waals surface area contributed by atoms with Gasteiger partial charge in [0.15, 0.2) is 0 Å². The Morgan fingerprint density at radius 3 is 2.42 bits per heavy atom. The summed E-state index contributed by atoms with van der Waals surface area (Å²) in [6, 6.07) is 0. The number of carbonyl (C=O) groups is 1. The van der Waals surface area contributed by atoms with Gasteiger partial charge in [-0.25, -0.2) is 0 Å². The van der Waals surface area contributed by atoms with Crippen LogP contribution in [0.3, 0.4) is 0 Å². The predicted molar refractivity (Wildman–Crippen MR) is 83.6 cm³/mol. The minimum absolute atomic E-state index is 0.0511. The van der Waals surface area contributed by atoms with E-state index in [1.54, 1.807) is 6.92 Å². The van der Waals surface area contributed by atoms with Gasteiger partial charge < -0.3 is 0 Å². The molecule has 1 saturated carbocycles. The van der Waals surface area contributed by atoms with Crippen LogP contribution in [0.1, 0.15) is 40.0 Å². The van der Waals surface area contributed by atoms with Crippen molar-refractivity contribution < 1.29 is 17.4 Å². The molecular formula is C13H21IO4S. The van der Waals surface area contributed by atoms with Crippen molar-refractivity contribution in [1.29, 1.82) is 0 Å². The standard InChI is InChI=1S/C13H21IO4S/c1-9(14)6-13(4)10(15)7-12(2,3)8-11(13)18-19(5,16)17/h11H,1,6-8H2,2-5H3/t11-,13+/m0/s1. The topological polar surface area (TPSA) is 60.4 Å². The van der Waals surface area contributed by atoms with E-state index < -0.39 is 21.6 Å². The summed E-state index contributed by atoms with van der Waals surface area (Å²) in [4.78, 5) is 12.4. The van der Waals surface area contributed by atoms with E-state index >= 15 is 0 Å². The van der Waals surface area contributed by atoms with Gasteiger partial charge in [-0.3, -0.25) is 8.98 Å². The SMILES string of the molecule is C=C(I)C[C@]1(C)C(=O)CC(C)(C)C[C@@H]1OS(C)(=O)=O.